The molecule has 6 nitrogen and oxygen atoms in total. The first-order chi connectivity index (χ1) is 7.75. The van der Waals surface area contributed by atoms with Crippen LogP contribution in [0.15, 0.2) is 0 Å². The van der Waals surface area contributed by atoms with Crippen LogP contribution in [-0.4, -0.2) is 51.8 Å². The van der Waals surface area contributed by atoms with Gasteiger partial charge in [-0.25, -0.2) is 9.59 Å². The molecule has 0 saturated heterocycles. The van der Waals surface area contributed by atoms with Crippen LogP contribution in [0, 0.1) is 0 Å². The number of nitrogens with one attached hydrogen (secondary N) is 1. The summed E-state index contributed by atoms with van der Waals surface area (Å²) < 4.78 is 0. The number of hydrogen-bond donors (Lipinski definition) is 3. The Hall–Kier alpha value is -1.30. The lowest BCUT2D eigenvalue weighted by atomic mass is 9.77. The average Bonchev–Trinajstić information content (AvgIpc) is 2.21. The molecule has 1 fully saturated rings. The van der Waals surface area contributed by atoms with E-state index in [1.807, 2.05) is 0 Å². The Kier molecular flexibility index (Phi) is 3.66. The summed E-state index contributed by atoms with van der Waals surface area (Å²) in [6.07, 6.45) is 1.72. The molecule has 0 atom stereocenters. The van der Waals surface area contributed by atoms with Gasteiger partial charge in [-0.05, 0) is 33.1 Å². The second-order valence-electron chi connectivity index (χ2n) is 5.20. The van der Waals surface area contributed by atoms with Crippen LogP contribution in [0.3, 0.4) is 0 Å². The van der Waals surface area contributed by atoms with Crippen LogP contribution in [0.5, 0.6) is 0 Å². The fraction of sp³-hybridized carbons (Fsp3) is 0.818. The van der Waals surface area contributed by atoms with Gasteiger partial charge >= 0.3 is 12.0 Å². The maximum absolute atomic E-state index is 11.9. The lowest BCUT2D eigenvalue weighted by Gasteiger charge is -2.42. The van der Waals surface area contributed by atoms with Gasteiger partial charge in [0, 0.05) is 7.05 Å². The number of aliphatic hydroxyl groups is 1. The van der Waals surface area contributed by atoms with Crippen LogP contribution >= 0.6 is 0 Å². The number of carboxylic acid groups (broad SMARTS) is 1. The Morgan fingerprint density at radius 2 is 1.94 bits per heavy atom. The number of amides is 2. The molecule has 1 aliphatic carbocycles. The Morgan fingerprint density at radius 1 is 1.41 bits per heavy atom. The third-order valence-electron chi connectivity index (χ3n) is 3.56. The van der Waals surface area contributed by atoms with Crippen LogP contribution in [0.2, 0.25) is 0 Å². The predicted octanol–water partition coefficient (Wildman–Crippen LogP) is 0.406. The Morgan fingerprint density at radius 3 is 2.24 bits per heavy atom. The van der Waals surface area contributed by atoms with E-state index in [2.05, 4.69) is 5.32 Å². The molecule has 0 aliphatic heterocycles. The number of urea groups is 1. The van der Waals surface area contributed by atoms with Crippen molar-refractivity contribution in [3.8, 4) is 0 Å². The Bertz CT molecular complexity index is 323. The number of carbonyl (C=O) groups is 2. The van der Waals surface area contributed by atoms with Crippen molar-refractivity contribution in [2.24, 2.45) is 0 Å². The summed E-state index contributed by atoms with van der Waals surface area (Å²) in [5.74, 6) is -0.993. The van der Waals surface area contributed by atoms with E-state index in [0.717, 1.165) is 6.42 Å². The molecular formula is C11H20N2O4. The van der Waals surface area contributed by atoms with E-state index >= 15 is 0 Å². The van der Waals surface area contributed by atoms with E-state index in [1.54, 1.807) is 20.9 Å². The van der Waals surface area contributed by atoms with Crippen molar-refractivity contribution in [1.82, 2.24) is 10.2 Å². The molecule has 0 aromatic rings. The van der Waals surface area contributed by atoms with Gasteiger partial charge < -0.3 is 20.4 Å². The van der Waals surface area contributed by atoms with Gasteiger partial charge in [0.25, 0.3) is 0 Å². The molecule has 6 heteroatoms. The molecule has 0 radical (unpaired) electrons. The van der Waals surface area contributed by atoms with Crippen molar-refractivity contribution in [3.05, 3.63) is 0 Å². The number of aliphatic hydroxyl groups excluding tert-OH is 1. The first-order valence-corrected chi connectivity index (χ1v) is 5.65. The summed E-state index contributed by atoms with van der Waals surface area (Å²) in [6, 6.07) is -0.467. The molecule has 0 aromatic carbocycles. The molecule has 0 bridgehead atoms. The van der Waals surface area contributed by atoms with Crippen LogP contribution < -0.4 is 5.32 Å². The normalized spacial score (nSPS) is 18.1. The minimum atomic E-state index is -1.11. The maximum atomic E-state index is 11.9. The van der Waals surface area contributed by atoms with Crippen molar-refractivity contribution < 1.29 is 19.8 Å². The van der Waals surface area contributed by atoms with E-state index in [-0.39, 0.29) is 6.61 Å². The van der Waals surface area contributed by atoms with Crippen LogP contribution in [0.1, 0.15) is 33.1 Å². The quantitative estimate of drug-likeness (QED) is 0.668. The molecule has 1 saturated carbocycles. The van der Waals surface area contributed by atoms with Crippen LogP contribution in [-0.2, 0) is 4.79 Å². The third-order valence-corrected chi connectivity index (χ3v) is 3.56. The molecule has 98 valence electrons. The molecule has 3 N–H and O–H groups in total. The zero-order valence-electron chi connectivity index (χ0n) is 10.5. The molecule has 0 unspecified atom stereocenters. The monoisotopic (exact) mass is 244 g/mol. The number of hydrogen-bond acceptors (Lipinski definition) is 3. The lowest BCUT2D eigenvalue weighted by Crippen LogP contribution is -2.63. The van der Waals surface area contributed by atoms with E-state index in [1.165, 1.54) is 4.90 Å². The molecular weight excluding hydrogens is 224 g/mol. The minimum Gasteiger partial charge on any atom is -0.480 e. The summed E-state index contributed by atoms with van der Waals surface area (Å²) in [7, 11) is 1.54. The van der Waals surface area contributed by atoms with Crippen molar-refractivity contribution in [1.29, 1.82) is 0 Å². The van der Waals surface area contributed by atoms with Gasteiger partial charge in [-0.1, -0.05) is 0 Å². The first-order valence-electron chi connectivity index (χ1n) is 5.65. The van der Waals surface area contributed by atoms with E-state index in [0.29, 0.717) is 12.8 Å². The predicted molar refractivity (Wildman–Crippen MR) is 61.7 cm³/mol. The Balaban J connectivity index is 2.69. The van der Waals surface area contributed by atoms with Gasteiger partial charge in [0.15, 0.2) is 0 Å². The van der Waals surface area contributed by atoms with Gasteiger partial charge in [0.1, 0.15) is 5.54 Å². The highest BCUT2D eigenvalue weighted by Crippen LogP contribution is 2.32. The fourth-order valence-electron chi connectivity index (χ4n) is 1.59. The van der Waals surface area contributed by atoms with E-state index < -0.39 is 23.1 Å². The highest BCUT2D eigenvalue weighted by Gasteiger charge is 2.46. The number of rotatable bonds is 4. The van der Waals surface area contributed by atoms with Crippen molar-refractivity contribution in [2.75, 3.05) is 13.7 Å². The number of nitrogens with zero attached hydrogens (tertiary/aromatic N) is 1. The SMILES string of the molecule is CN(C(=O)NC1(C(=O)O)CCC1)C(C)(C)CO. The second-order valence-corrected chi connectivity index (χ2v) is 5.20. The number of likely N-dealkylation sites (N-methyl/N-ethyl adjacent to an activating group) is 1. The summed E-state index contributed by atoms with van der Waals surface area (Å²) in [5.41, 5.74) is -1.83. The third kappa shape index (κ3) is 2.52. The lowest BCUT2D eigenvalue weighted by molar-refractivity contribution is -0.148. The van der Waals surface area contributed by atoms with Gasteiger partial charge in [0.2, 0.25) is 0 Å². The van der Waals surface area contributed by atoms with Crippen LogP contribution in [0.25, 0.3) is 0 Å². The van der Waals surface area contributed by atoms with Crippen LogP contribution in [0.4, 0.5) is 4.79 Å². The molecule has 17 heavy (non-hydrogen) atoms. The molecule has 0 heterocycles. The number of carbonyl (C=O) groups excluding carboxylic acids is 1. The Labute approximate surface area is 101 Å². The summed E-state index contributed by atoms with van der Waals surface area (Å²) in [4.78, 5) is 24.3. The zero-order valence-corrected chi connectivity index (χ0v) is 10.5. The topological polar surface area (TPSA) is 89.9 Å². The van der Waals surface area contributed by atoms with Crippen molar-refractivity contribution >= 4 is 12.0 Å². The van der Waals surface area contributed by atoms with Gasteiger partial charge in [0.05, 0.1) is 12.1 Å². The van der Waals surface area contributed by atoms with Gasteiger partial charge in [-0.3, -0.25) is 0 Å². The largest absolute Gasteiger partial charge is 0.480 e. The highest BCUT2D eigenvalue weighted by atomic mass is 16.4. The molecule has 1 aliphatic rings. The van der Waals surface area contributed by atoms with Crippen molar-refractivity contribution in [3.63, 3.8) is 0 Å². The van der Waals surface area contributed by atoms with Gasteiger partial charge in [-0.15, -0.1) is 0 Å². The van der Waals surface area contributed by atoms with Crippen molar-refractivity contribution in [2.45, 2.75) is 44.2 Å². The number of aliphatic carboxylic acids is 1. The van der Waals surface area contributed by atoms with Gasteiger partial charge in [-0.2, -0.15) is 0 Å². The maximum Gasteiger partial charge on any atom is 0.329 e. The smallest absolute Gasteiger partial charge is 0.329 e. The summed E-state index contributed by atoms with van der Waals surface area (Å²) >= 11 is 0. The summed E-state index contributed by atoms with van der Waals surface area (Å²) in [6.45, 7) is 3.23. The zero-order chi connectivity index (χ0) is 13.3. The molecule has 1 rings (SSSR count). The van der Waals surface area contributed by atoms with E-state index in [9.17, 15) is 9.59 Å². The summed E-state index contributed by atoms with van der Waals surface area (Å²) in [5, 5.41) is 20.8. The minimum absolute atomic E-state index is 0.184. The first kappa shape index (κ1) is 13.8. The molecule has 2 amide bonds. The highest BCUT2D eigenvalue weighted by molar-refractivity contribution is 5.87. The van der Waals surface area contributed by atoms with E-state index in [4.69, 9.17) is 10.2 Å². The molecule has 0 aromatic heterocycles. The standard InChI is InChI=1S/C11H20N2O4/c1-10(2,7-14)13(3)9(17)12-11(8(15)16)5-4-6-11/h14H,4-7H2,1-3H3,(H,12,17)(H,15,16). The second kappa shape index (κ2) is 4.52. The fourth-order valence-corrected chi connectivity index (χ4v) is 1.59. The molecule has 0 spiro atoms. The number of carboxylic acids is 1. The average molecular weight is 244 g/mol.